The summed E-state index contributed by atoms with van der Waals surface area (Å²) in [6.07, 6.45) is 1.07. The molecule has 0 aliphatic heterocycles. The van der Waals surface area contributed by atoms with Gasteiger partial charge in [0.25, 0.3) is 11.8 Å². The van der Waals surface area contributed by atoms with E-state index in [1.54, 1.807) is 24.1 Å². The molecule has 0 unspecified atom stereocenters. The molecule has 2 aromatic heterocycles. The van der Waals surface area contributed by atoms with Gasteiger partial charge in [0.1, 0.15) is 10.7 Å². The first-order valence-electron chi connectivity index (χ1n) is 15.5. The minimum atomic E-state index is -1.66. The molecule has 0 saturated heterocycles. The van der Waals surface area contributed by atoms with Gasteiger partial charge in [-0.1, -0.05) is 35.9 Å². The van der Waals surface area contributed by atoms with Crippen molar-refractivity contribution < 1.29 is 28.6 Å². The summed E-state index contributed by atoms with van der Waals surface area (Å²) in [4.78, 5) is 34.3. The van der Waals surface area contributed by atoms with Crippen LogP contribution in [0.5, 0.6) is 0 Å². The SMILES string of the molecule is CCOC(OCC)(c1cccc(-c2cc(C)nc(C)c2)c1)N(C(=O)c1sc2cccc(F)c2c1Cl)C1CCC(N(C)C(=O)O)CC1. The molecule has 0 bridgehead atoms. The van der Waals surface area contributed by atoms with Crippen LogP contribution in [0.15, 0.2) is 54.6 Å². The van der Waals surface area contributed by atoms with Crippen molar-refractivity contribution in [3.05, 3.63) is 87.3 Å². The Morgan fingerprint density at radius 1 is 0.978 bits per heavy atom. The summed E-state index contributed by atoms with van der Waals surface area (Å²) >= 11 is 7.92. The number of halogens is 2. The number of carboxylic acid groups (broad SMARTS) is 1. The molecule has 11 heteroatoms. The lowest BCUT2D eigenvalue weighted by Gasteiger charge is -2.48. The highest BCUT2D eigenvalue weighted by atomic mass is 35.5. The number of benzene rings is 2. The van der Waals surface area contributed by atoms with Gasteiger partial charge in [-0.3, -0.25) is 14.7 Å². The lowest BCUT2D eigenvalue weighted by molar-refractivity contribution is -0.320. The van der Waals surface area contributed by atoms with Crippen LogP contribution in [-0.2, 0) is 15.4 Å². The zero-order valence-electron chi connectivity index (χ0n) is 26.7. The smallest absolute Gasteiger partial charge is 0.407 e. The standard InChI is InChI=1S/C35H39ClFN3O5S/c1-6-44-35(45-7-2,25-11-8-10-23(20-25)24-18-21(3)38-22(4)19-24)40(27-16-14-26(15-17-27)39(5)34(42)43)33(41)32-31(36)30-28(37)12-9-13-29(30)46-32/h8-13,18-20,26-27H,6-7,14-17H2,1-5H3,(H,42,43). The van der Waals surface area contributed by atoms with Gasteiger partial charge in [0.05, 0.1) is 5.02 Å². The number of thiophene rings is 1. The van der Waals surface area contributed by atoms with E-state index in [0.29, 0.717) is 35.9 Å². The zero-order valence-corrected chi connectivity index (χ0v) is 28.3. The number of rotatable bonds is 10. The van der Waals surface area contributed by atoms with Gasteiger partial charge in [-0.15, -0.1) is 11.3 Å². The van der Waals surface area contributed by atoms with E-state index in [-0.39, 0.29) is 34.5 Å². The van der Waals surface area contributed by atoms with E-state index in [2.05, 4.69) is 4.98 Å². The fourth-order valence-electron chi connectivity index (χ4n) is 6.49. The molecule has 2 amide bonds. The largest absolute Gasteiger partial charge is 0.465 e. The second-order valence-corrected chi connectivity index (χ2v) is 13.0. The third-order valence-electron chi connectivity index (χ3n) is 8.54. The van der Waals surface area contributed by atoms with Gasteiger partial charge in [-0.05, 0) is 94.8 Å². The van der Waals surface area contributed by atoms with Gasteiger partial charge < -0.3 is 19.5 Å². The molecular formula is C35H39ClFN3O5S. The maximum absolute atomic E-state index is 15.0. The topological polar surface area (TPSA) is 92.2 Å². The van der Waals surface area contributed by atoms with Crippen molar-refractivity contribution in [2.24, 2.45) is 0 Å². The third-order valence-corrected chi connectivity index (χ3v) is 10.2. The molecule has 0 spiro atoms. The number of nitrogens with zero attached hydrogens (tertiary/aromatic N) is 3. The lowest BCUT2D eigenvalue weighted by Crippen LogP contribution is -2.59. The molecule has 1 aliphatic carbocycles. The highest BCUT2D eigenvalue weighted by Crippen LogP contribution is 2.44. The van der Waals surface area contributed by atoms with Crippen molar-refractivity contribution in [3.63, 3.8) is 0 Å². The van der Waals surface area contributed by atoms with Crippen LogP contribution in [0.4, 0.5) is 9.18 Å². The Kier molecular flexibility index (Phi) is 10.3. The molecule has 0 radical (unpaired) electrons. The summed E-state index contributed by atoms with van der Waals surface area (Å²) in [5.74, 6) is -2.61. The van der Waals surface area contributed by atoms with E-state index < -0.39 is 29.8 Å². The third kappa shape index (κ3) is 6.49. The van der Waals surface area contributed by atoms with Crippen molar-refractivity contribution in [3.8, 4) is 11.1 Å². The van der Waals surface area contributed by atoms with Gasteiger partial charge in [0.2, 0.25) is 0 Å². The molecule has 1 fully saturated rings. The molecule has 8 nitrogen and oxygen atoms in total. The number of ether oxygens (including phenoxy) is 2. The van der Waals surface area contributed by atoms with E-state index in [1.807, 2.05) is 64.1 Å². The summed E-state index contributed by atoms with van der Waals surface area (Å²) in [6, 6.07) is 15.8. The predicted octanol–water partition coefficient (Wildman–Crippen LogP) is 8.62. The molecule has 0 atom stereocenters. The first-order valence-corrected chi connectivity index (χ1v) is 16.7. The van der Waals surface area contributed by atoms with Crippen LogP contribution in [0, 0.1) is 19.7 Å². The summed E-state index contributed by atoms with van der Waals surface area (Å²) in [6.45, 7) is 8.01. The first kappa shape index (κ1) is 33.8. The Balaban J connectivity index is 1.68. The molecule has 46 heavy (non-hydrogen) atoms. The summed E-state index contributed by atoms with van der Waals surface area (Å²) in [5.41, 5.74) is 4.24. The van der Waals surface area contributed by atoms with E-state index >= 15 is 0 Å². The number of hydrogen-bond donors (Lipinski definition) is 1. The summed E-state index contributed by atoms with van der Waals surface area (Å²) < 4.78 is 28.6. The van der Waals surface area contributed by atoms with Gasteiger partial charge >= 0.3 is 6.09 Å². The maximum Gasteiger partial charge on any atom is 0.407 e. The van der Waals surface area contributed by atoms with Crippen LogP contribution in [-0.4, -0.2) is 64.2 Å². The minimum Gasteiger partial charge on any atom is -0.465 e. The molecular weight excluding hydrogens is 629 g/mol. The fourth-order valence-corrected chi connectivity index (χ4v) is 7.98. The minimum absolute atomic E-state index is 0.0470. The lowest BCUT2D eigenvalue weighted by atomic mass is 9.88. The van der Waals surface area contributed by atoms with Crippen LogP contribution in [0.2, 0.25) is 5.02 Å². The van der Waals surface area contributed by atoms with Crippen LogP contribution in [0.25, 0.3) is 21.2 Å². The average molecular weight is 668 g/mol. The number of aryl methyl sites for hydroxylation is 2. The van der Waals surface area contributed by atoms with Crippen molar-refractivity contribution in [2.75, 3.05) is 20.3 Å². The molecule has 1 aliphatic rings. The molecule has 244 valence electrons. The number of hydrogen-bond acceptors (Lipinski definition) is 6. The molecule has 2 heterocycles. The van der Waals surface area contributed by atoms with Gasteiger partial charge in [0.15, 0.2) is 0 Å². The number of amides is 2. The quantitative estimate of drug-likeness (QED) is 0.170. The molecule has 5 rings (SSSR count). The second kappa shape index (κ2) is 14.0. The Labute approximate surface area is 277 Å². The maximum atomic E-state index is 15.0. The summed E-state index contributed by atoms with van der Waals surface area (Å²) in [5, 5.41) is 9.86. The highest BCUT2D eigenvalue weighted by Gasteiger charge is 2.49. The predicted molar refractivity (Wildman–Crippen MR) is 179 cm³/mol. The Morgan fingerprint density at radius 3 is 2.17 bits per heavy atom. The molecule has 1 saturated carbocycles. The van der Waals surface area contributed by atoms with E-state index in [0.717, 1.165) is 33.9 Å². The van der Waals surface area contributed by atoms with Gasteiger partial charge in [-0.25, -0.2) is 9.18 Å². The zero-order chi connectivity index (χ0) is 33.2. The summed E-state index contributed by atoms with van der Waals surface area (Å²) in [7, 11) is 1.57. The van der Waals surface area contributed by atoms with E-state index in [9.17, 15) is 19.1 Å². The number of carbonyl (C=O) groups excluding carboxylic acids is 1. The van der Waals surface area contributed by atoms with Crippen molar-refractivity contribution in [2.45, 2.75) is 71.4 Å². The van der Waals surface area contributed by atoms with Crippen molar-refractivity contribution >= 4 is 45.0 Å². The number of fused-ring (bicyclic) bond motifs is 1. The van der Waals surface area contributed by atoms with Crippen LogP contribution in [0.3, 0.4) is 0 Å². The highest BCUT2D eigenvalue weighted by molar-refractivity contribution is 7.21. The Morgan fingerprint density at radius 2 is 1.59 bits per heavy atom. The Hall–Kier alpha value is -3.57. The fraction of sp³-hybridized carbons (Fsp3) is 0.400. The van der Waals surface area contributed by atoms with Gasteiger partial charge in [-0.2, -0.15) is 0 Å². The number of aromatic nitrogens is 1. The van der Waals surface area contributed by atoms with Crippen LogP contribution < -0.4 is 0 Å². The van der Waals surface area contributed by atoms with E-state index in [4.69, 9.17) is 21.1 Å². The monoisotopic (exact) mass is 667 g/mol. The molecule has 1 N–H and O–H groups in total. The molecule has 2 aromatic carbocycles. The van der Waals surface area contributed by atoms with Crippen molar-refractivity contribution in [1.29, 1.82) is 0 Å². The normalized spacial score (nSPS) is 16.8. The van der Waals surface area contributed by atoms with E-state index in [1.165, 1.54) is 11.0 Å². The Bertz CT molecular complexity index is 1710. The van der Waals surface area contributed by atoms with Crippen LogP contribution >= 0.6 is 22.9 Å². The van der Waals surface area contributed by atoms with Crippen LogP contribution in [0.1, 0.15) is 66.2 Å². The van der Waals surface area contributed by atoms with Gasteiger partial charge in [0, 0.05) is 59.4 Å². The average Bonchev–Trinajstić information content (AvgIpc) is 3.38. The second-order valence-electron chi connectivity index (χ2n) is 11.6. The van der Waals surface area contributed by atoms with Crippen molar-refractivity contribution in [1.82, 2.24) is 14.8 Å². The number of pyridine rings is 1. The molecule has 4 aromatic rings. The first-order chi connectivity index (χ1) is 22.0. The number of carbonyl (C=O) groups is 2.